The molecule has 0 fully saturated rings. The monoisotopic (exact) mass is 457 g/mol. The van der Waals surface area contributed by atoms with Crippen molar-refractivity contribution in [3.8, 4) is 47.0 Å². The Morgan fingerprint density at radius 2 is 1.15 bits per heavy atom. The molecule has 0 spiro atoms. The van der Waals surface area contributed by atoms with E-state index in [2.05, 4.69) is 31.8 Å². The van der Waals surface area contributed by atoms with Gasteiger partial charge in [-0.3, -0.25) is 0 Å². The molecule has 0 saturated carbocycles. The van der Waals surface area contributed by atoms with E-state index in [0.717, 1.165) is 0 Å². The Balaban J connectivity index is 2.05. The van der Waals surface area contributed by atoms with Gasteiger partial charge in [-0.2, -0.15) is 19.9 Å². The van der Waals surface area contributed by atoms with E-state index >= 15 is 0 Å². The Kier molecular flexibility index (Phi) is 7.36. The van der Waals surface area contributed by atoms with Gasteiger partial charge in [-0.05, 0) is 12.1 Å². The zero-order chi connectivity index (χ0) is 23.8. The summed E-state index contributed by atoms with van der Waals surface area (Å²) in [4.78, 5) is 33.7. The van der Waals surface area contributed by atoms with E-state index in [9.17, 15) is 4.79 Å². The average Bonchev–Trinajstić information content (AvgIpc) is 2.83. The Bertz CT molecular complexity index is 1040. The van der Waals surface area contributed by atoms with Gasteiger partial charge >= 0.3 is 18.0 Å². The lowest BCUT2D eigenvalue weighted by molar-refractivity contribution is 0.0515. The third-order valence-corrected chi connectivity index (χ3v) is 3.90. The number of hydrogen-bond donors (Lipinski definition) is 0. The first-order valence-corrected chi connectivity index (χ1v) is 9.11. The molecule has 0 amide bonds. The number of hydrogen-bond acceptors (Lipinski definition) is 13. The second-order valence-electron chi connectivity index (χ2n) is 5.81. The fourth-order valence-electron chi connectivity index (χ4n) is 2.46. The number of rotatable bonds is 10. The molecule has 33 heavy (non-hydrogen) atoms. The molecule has 0 aliphatic heterocycles. The molecule has 0 N–H and O–H groups in total. The van der Waals surface area contributed by atoms with E-state index in [0.29, 0.717) is 0 Å². The van der Waals surface area contributed by atoms with Crippen molar-refractivity contribution in [2.75, 3.05) is 28.4 Å². The van der Waals surface area contributed by atoms with Crippen LogP contribution in [-0.4, -0.2) is 61.1 Å². The number of ether oxygens (including phenoxy) is 6. The van der Waals surface area contributed by atoms with Crippen molar-refractivity contribution in [3.63, 3.8) is 0 Å². The van der Waals surface area contributed by atoms with Gasteiger partial charge in [0.1, 0.15) is 17.1 Å². The Morgan fingerprint density at radius 3 is 1.48 bits per heavy atom. The Labute approximate surface area is 187 Å². The number of benzene rings is 1. The van der Waals surface area contributed by atoms with Gasteiger partial charge < -0.3 is 33.3 Å². The number of aromatic nitrogens is 4. The predicted molar refractivity (Wildman–Crippen MR) is 112 cm³/mol. The van der Waals surface area contributed by atoms with E-state index in [4.69, 9.17) is 33.3 Å². The summed E-state index contributed by atoms with van der Waals surface area (Å²) in [5, 5.41) is 3.16. The summed E-state index contributed by atoms with van der Waals surface area (Å²) in [5.41, 5.74) is -0.166. The minimum Gasteiger partial charge on any atom is -0.481 e. The smallest absolute Gasteiger partial charge is 0.373 e. The van der Waals surface area contributed by atoms with Crippen LogP contribution in [0.2, 0.25) is 0 Å². The topological polar surface area (TPSA) is 146 Å². The first-order valence-electron chi connectivity index (χ1n) is 9.11. The molecule has 13 nitrogen and oxygen atoms in total. The summed E-state index contributed by atoms with van der Waals surface area (Å²) < 4.78 is 31.9. The molecular formula is C20H19N5O8. The summed E-state index contributed by atoms with van der Waals surface area (Å²) in [6, 6.07) is 7.07. The van der Waals surface area contributed by atoms with E-state index in [1.54, 1.807) is 6.07 Å². The van der Waals surface area contributed by atoms with Crippen LogP contribution in [0.3, 0.4) is 0 Å². The van der Waals surface area contributed by atoms with Crippen molar-refractivity contribution >= 4 is 12.7 Å². The SMILES string of the molecule is C=NOC(=O)c1c(Oc2nc(OC)cc(OC)n2)cccc1Oc1nc(OC)cc(OC)n1. The summed E-state index contributed by atoms with van der Waals surface area (Å²) >= 11 is 0. The summed E-state index contributed by atoms with van der Waals surface area (Å²) in [6.07, 6.45) is 0. The normalized spacial score (nSPS) is 10.1. The quantitative estimate of drug-likeness (QED) is 0.250. The van der Waals surface area contributed by atoms with Crippen LogP contribution in [0.5, 0.6) is 47.0 Å². The highest BCUT2D eigenvalue weighted by Crippen LogP contribution is 2.35. The van der Waals surface area contributed by atoms with Crippen LogP contribution < -0.4 is 28.4 Å². The van der Waals surface area contributed by atoms with Crippen LogP contribution in [-0.2, 0) is 4.84 Å². The van der Waals surface area contributed by atoms with Crippen LogP contribution >= 0.6 is 0 Å². The van der Waals surface area contributed by atoms with E-state index < -0.39 is 5.97 Å². The van der Waals surface area contributed by atoms with Crippen LogP contribution in [0.25, 0.3) is 0 Å². The zero-order valence-corrected chi connectivity index (χ0v) is 18.1. The molecule has 13 heteroatoms. The molecule has 0 unspecified atom stereocenters. The molecular weight excluding hydrogens is 438 g/mol. The van der Waals surface area contributed by atoms with Gasteiger partial charge in [-0.1, -0.05) is 11.2 Å². The number of carbonyl (C=O) groups is 1. The molecule has 172 valence electrons. The summed E-state index contributed by atoms with van der Waals surface area (Å²) in [6.45, 7) is 3.15. The number of methoxy groups -OCH3 is 4. The molecule has 2 aromatic heterocycles. The lowest BCUT2D eigenvalue weighted by Crippen LogP contribution is -2.08. The fraction of sp³-hybridized carbons (Fsp3) is 0.200. The van der Waals surface area contributed by atoms with Gasteiger partial charge in [0, 0.05) is 6.72 Å². The maximum atomic E-state index is 12.7. The first kappa shape index (κ1) is 23.0. The third-order valence-electron chi connectivity index (χ3n) is 3.90. The Morgan fingerprint density at radius 1 is 0.758 bits per heavy atom. The van der Waals surface area contributed by atoms with Crippen molar-refractivity contribution in [1.82, 2.24) is 19.9 Å². The first-order chi connectivity index (χ1) is 16.0. The van der Waals surface area contributed by atoms with Gasteiger partial charge in [0.2, 0.25) is 23.5 Å². The number of oxime groups is 1. The van der Waals surface area contributed by atoms with Gasteiger partial charge in [0.05, 0.1) is 40.6 Å². The molecule has 0 aliphatic rings. The largest absolute Gasteiger partial charge is 0.481 e. The van der Waals surface area contributed by atoms with Crippen molar-refractivity contribution in [3.05, 3.63) is 35.9 Å². The van der Waals surface area contributed by atoms with Gasteiger partial charge in [0.15, 0.2) is 0 Å². The molecule has 3 rings (SSSR count). The van der Waals surface area contributed by atoms with Crippen LogP contribution in [0.1, 0.15) is 10.4 Å². The van der Waals surface area contributed by atoms with Gasteiger partial charge in [-0.25, -0.2) is 4.79 Å². The zero-order valence-electron chi connectivity index (χ0n) is 18.1. The standard InChI is InChI=1S/C20H19N5O8/c1-21-33-18(26)17-11(31-19-22-13(27-2)9-14(23-19)28-3)7-6-8-12(17)32-20-24-15(29-4)10-16(25-20)30-5/h6-10H,1H2,2-5H3. The lowest BCUT2D eigenvalue weighted by Gasteiger charge is -2.13. The third kappa shape index (κ3) is 5.52. The second kappa shape index (κ2) is 10.6. The highest BCUT2D eigenvalue weighted by molar-refractivity contribution is 5.95. The lowest BCUT2D eigenvalue weighted by atomic mass is 10.2. The maximum Gasteiger partial charge on any atom is 0.373 e. The van der Waals surface area contributed by atoms with Crippen molar-refractivity contribution in [2.24, 2.45) is 5.16 Å². The highest BCUT2D eigenvalue weighted by atomic mass is 16.7. The highest BCUT2D eigenvalue weighted by Gasteiger charge is 2.24. The molecule has 1 aromatic carbocycles. The van der Waals surface area contributed by atoms with Crippen molar-refractivity contribution in [2.45, 2.75) is 0 Å². The van der Waals surface area contributed by atoms with Crippen molar-refractivity contribution in [1.29, 1.82) is 0 Å². The molecule has 0 atom stereocenters. The average molecular weight is 457 g/mol. The number of nitrogens with zero attached hydrogens (tertiary/aromatic N) is 5. The maximum absolute atomic E-state index is 12.7. The molecule has 3 aromatic rings. The van der Waals surface area contributed by atoms with Crippen LogP contribution in [0.4, 0.5) is 0 Å². The fourth-order valence-corrected chi connectivity index (χ4v) is 2.46. The summed E-state index contributed by atoms with van der Waals surface area (Å²) in [7, 11) is 5.67. The van der Waals surface area contributed by atoms with Crippen LogP contribution in [0, 0.1) is 0 Å². The van der Waals surface area contributed by atoms with E-state index in [-0.39, 0.29) is 52.6 Å². The predicted octanol–water partition coefficient (Wildman–Crippen LogP) is 2.66. The molecule has 0 bridgehead atoms. The van der Waals surface area contributed by atoms with Crippen molar-refractivity contribution < 1.29 is 38.1 Å². The number of carbonyl (C=O) groups excluding carboxylic acids is 1. The Hall–Kier alpha value is -4.68. The molecule has 0 aliphatic carbocycles. The minimum atomic E-state index is -0.930. The van der Waals surface area contributed by atoms with Gasteiger partial charge in [0.25, 0.3) is 0 Å². The molecule has 0 radical (unpaired) electrons. The minimum absolute atomic E-state index is 0.0219. The molecule has 2 heterocycles. The van der Waals surface area contributed by atoms with Gasteiger partial charge in [-0.15, -0.1) is 0 Å². The second-order valence-corrected chi connectivity index (χ2v) is 5.81. The van der Waals surface area contributed by atoms with Crippen LogP contribution in [0.15, 0.2) is 35.5 Å². The summed E-state index contributed by atoms with van der Waals surface area (Å²) in [5.74, 6) is -0.259. The molecule has 0 saturated heterocycles. The van der Waals surface area contributed by atoms with E-state index in [1.165, 1.54) is 52.7 Å². The van der Waals surface area contributed by atoms with E-state index in [1.807, 2.05) is 0 Å².